The number of hydrogen-bond donors (Lipinski definition) is 3. The summed E-state index contributed by atoms with van der Waals surface area (Å²) in [4.78, 5) is 15.6. The number of rotatable bonds is 5. The Balaban J connectivity index is 1.42. The summed E-state index contributed by atoms with van der Waals surface area (Å²) in [6.07, 6.45) is 4.62. The van der Waals surface area contributed by atoms with Crippen molar-refractivity contribution >= 4 is 17.3 Å². The van der Waals surface area contributed by atoms with Gasteiger partial charge in [0, 0.05) is 12.1 Å². The molecule has 0 spiro atoms. The van der Waals surface area contributed by atoms with E-state index in [2.05, 4.69) is 4.90 Å². The molecule has 2 saturated heterocycles. The maximum Gasteiger partial charge on any atom is 0.225 e. The van der Waals surface area contributed by atoms with Crippen molar-refractivity contribution < 1.29 is 9.90 Å². The van der Waals surface area contributed by atoms with Gasteiger partial charge in [-0.25, -0.2) is 5.84 Å². The molecule has 1 amide bonds. The van der Waals surface area contributed by atoms with Crippen molar-refractivity contribution in [2.24, 2.45) is 11.8 Å². The van der Waals surface area contributed by atoms with Crippen LogP contribution in [0.5, 0.6) is 0 Å². The second-order valence-electron chi connectivity index (χ2n) is 9.38. The van der Waals surface area contributed by atoms with E-state index in [0.717, 1.165) is 24.8 Å². The molecule has 2 aliphatic heterocycles. The molecular formula is C24H30N4O2. The standard InChI is InChI=1S/C24H30N4O2/c25-20-8-4-5-9-21(20)28(26)22(17-6-2-1-3-7-17)12-23(29)27-18-10-16-11-19(27)15-24(30,13-16)14-18/h1-9,16,18-19,22,30H,10-15,25-26H2. The SMILES string of the molecule is Nc1ccccc1N(N)C(CC(=O)N1C2CC3CC1CC(O)(C3)C2)c1ccccc1. The van der Waals surface area contributed by atoms with Crippen LogP contribution in [0.4, 0.5) is 11.4 Å². The predicted octanol–water partition coefficient (Wildman–Crippen LogP) is 2.98. The van der Waals surface area contributed by atoms with Crippen LogP contribution in [0.1, 0.15) is 50.1 Å². The number of carbonyl (C=O) groups is 1. The summed E-state index contributed by atoms with van der Waals surface area (Å²) in [5.41, 5.74) is 7.90. The highest BCUT2D eigenvalue weighted by Gasteiger charge is 2.55. The van der Waals surface area contributed by atoms with Crippen LogP contribution in [0.2, 0.25) is 0 Å². The van der Waals surface area contributed by atoms with Crippen molar-refractivity contribution in [2.75, 3.05) is 10.7 Å². The highest BCUT2D eigenvalue weighted by atomic mass is 16.3. The molecule has 2 aromatic carbocycles. The van der Waals surface area contributed by atoms with E-state index >= 15 is 0 Å². The summed E-state index contributed by atoms with van der Waals surface area (Å²) in [6, 6.07) is 17.4. The van der Waals surface area contributed by atoms with E-state index in [-0.39, 0.29) is 30.5 Å². The molecule has 2 aromatic rings. The van der Waals surface area contributed by atoms with Crippen LogP contribution in [-0.4, -0.2) is 33.6 Å². The van der Waals surface area contributed by atoms with Gasteiger partial charge in [0.05, 0.1) is 29.4 Å². The first-order chi connectivity index (χ1) is 14.4. The zero-order valence-electron chi connectivity index (χ0n) is 17.2. The minimum atomic E-state index is -0.565. The number of hydrogen-bond acceptors (Lipinski definition) is 5. The minimum absolute atomic E-state index is 0.117. The molecule has 2 aliphatic carbocycles. The summed E-state index contributed by atoms with van der Waals surface area (Å²) in [5.74, 6) is 7.23. The van der Waals surface area contributed by atoms with Crippen LogP contribution < -0.4 is 16.6 Å². The highest BCUT2D eigenvalue weighted by molar-refractivity contribution is 5.79. The highest BCUT2D eigenvalue weighted by Crippen LogP contribution is 2.51. The van der Waals surface area contributed by atoms with Gasteiger partial charge in [-0.05, 0) is 55.7 Å². The van der Waals surface area contributed by atoms with Crippen LogP contribution in [0.15, 0.2) is 54.6 Å². The van der Waals surface area contributed by atoms with Crippen LogP contribution >= 0.6 is 0 Å². The Morgan fingerprint density at radius 2 is 1.70 bits per heavy atom. The number of nitrogens with zero attached hydrogens (tertiary/aromatic N) is 2. The van der Waals surface area contributed by atoms with E-state index in [4.69, 9.17) is 11.6 Å². The van der Waals surface area contributed by atoms with Gasteiger partial charge in [-0.3, -0.25) is 4.79 Å². The fourth-order valence-corrected chi connectivity index (χ4v) is 6.21. The second kappa shape index (κ2) is 7.29. The second-order valence-corrected chi connectivity index (χ2v) is 9.38. The van der Waals surface area contributed by atoms with Gasteiger partial charge < -0.3 is 20.7 Å². The largest absolute Gasteiger partial charge is 0.397 e. The van der Waals surface area contributed by atoms with E-state index in [1.807, 2.05) is 54.6 Å². The summed E-state index contributed by atoms with van der Waals surface area (Å²) in [5, 5.41) is 12.5. The molecule has 6 rings (SSSR count). The normalized spacial score (nSPS) is 30.3. The average molecular weight is 407 g/mol. The lowest BCUT2D eigenvalue weighted by molar-refractivity contribution is -0.175. The van der Waals surface area contributed by atoms with Gasteiger partial charge >= 0.3 is 0 Å². The molecule has 5 N–H and O–H groups in total. The quantitative estimate of drug-likeness (QED) is 0.403. The van der Waals surface area contributed by atoms with E-state index in [1.165, 1.54) is 0 Å². The molecule has 6 nitrogen and oxygen atoms in total. The molecule has 30 heavy (non-hydrogen) atoms. The molecule has 2 saturated carbocycles. The van der Waals surface area contributed by atoms with Crippen molar-refractivity contribution in [2.45, 2.75) is 62.3 Å². The monoisotopic (exact) mass is 406 g/mol. The van der Waals surface area contributed by atoms with Crippen LogP contribution in [-0.2, 0) is 4.79 Å². The van der Waals surface area contributed by atoms with Crippen molar-refractivity contribution in [3.8, 4) is 0 Å². The number of amides is 1. The van der Waals surface area contributed by atoms with Gasteiger partial charge in [0.25, 0.3) is 0 Å². The third kappa shape index (κ3) is 3.34. The molecule has 0 aromatic heterocycles. The van der Waals surface area contributed by atoms with Crippen LogP contribution in [0.3, 0.4) is 0 Å². The number of nitrogen functional groups attached to an aromatic ring is 1. The number of para-hydroxylation sites is 2. The van der Waals surface area contributed by atoms with Gasteiger partial charge in [0.15, 0.2) is 0 Å². The van der Waals surface area contributed by atoms with Crippen molar-refractivity contribution in [1.82, 2.24) is 4.90 Å². The fraction of sp³-hybridized carbons (Fsp3) is 0.458. The maximum absolute atomic E-state index is 13.6. The Morgan fingerprint density at radius 1 is 1.07 bits per heavy atom. The Hall–Kier alpha value is -2.57. The van der Waals surface area contributed by atoms with Crippen molar-refractivity contribution in [3.05, 3.63) is 60.2 Å². The third-order valence-corrected chi connectivity index (χ3v) is 7.29. The molecule has 4 bridgehead atoms. The lowest BCUT2D eigenvalue weighted by Gasteiger charge is -2.59. The summed E-state index contributed by atoms with van der Waals surface area (Å²) in [6.45, 7) is 0. The van der Waals surface area contributed by atoms with Gasteiger partial charge in [0.1, 0.15) is 0 Å². The summed E-state index contributed by atoms with van der Waals surface area (Å²) in [7, 11) is 0. The first kappa shape index (κ1) is 19.4. The summed E-state index contributed by atoms with van der Waals surface area (Å²) < 4.78 is 0. The van der Waals surface area contributed by atoms with Crippen molar-refractivity contribution in [3.63, 3.8) is 0 Å². The van der Waals surface area contributed by atoms with Gasteiger partial charge in [0.2, 0.25) is 5.91 Å². The first-order valence-electron chi connectivity index (χ1n) is 10.9. The van der Waals surface area contributed by atoms with Gasteiger partial charge in [-0.1, -0.05) is 42.5 Å². The predicted molar refractivity (Wildman–Crippen MR) is 117 cm³/mol. The molecule has 158 valence electrons. The number of anilines is 2. The molecule has 6 heteroatoms. The lowest BCUT2D eigenvalue weighted by atomic mass is 9.61. The first-order valence-corrected chi connectivity index (χ1v) is 10.9. The molecule has 4 fully saturated rings. The number of hydrazine groups is 1. The van der Waals surface area contributed by atoms with Gasteiger partial charge in [-0.2, -0.15) is 0 Å². The zero-order chi connectivity index (χ0) is 20.9. The Morgan fingerprint density at radius 3 is 2.33 bits per heavy atom. The lowest BCUT2D eigenvalue weighted by Crippen LogP contribution is -2.66. The number of aliphatic hydroxyl groups is 1. The Labute approximate surface area is 177 Å². The fourth-order valence-electron chi connectivity index (χ4n) is 6.21. The summed E-state index contributed by atoms with van der Waals surface area (Å²) >= 11 is 0. The topological polar surface area (TPSA) is 95.8 Å². The van der Waals surface area contributed by atoms with E-state index in [1.54, 1.807) is 5.01 Å². The van der Waals surface area contributed by atoms with E-state index in [0.29, 0.717) is 30.1 Å². The number of benzene rings is 2. The van der Waals surface area contributed by atoms with Gasteiger partial charge in [-0.15, -0.1) is 0 Å². The zero-order valence-corrected chi connectivity index (χ0v) is 17.2. The van der Waals surface area contributed by atoms with E-state index in [9.17, 15) is 9.90 Å². The minimum Gasteiger partial charge on any atom is -0.397 e. The number of piperidine rings is 2. The smallest absolute Gasteiger partial charge is 0.225 e. The van der Waals surface area contributed by atoms with Crippen molar-refractivity contribution in [1.29, 1.82) is 0 Å². The molecule has 2 heterocycles. The molecule has 3 unspecified atom stereocenters. The molecule has 3 atom stereocenters. The molecule has 4 aliphatic rings. The molecular weight excluding hydrogens is 376 g/mol. The number of carbonyl (C=O) groups excluding carboxylic acids is 1. The van der Waals surface area contributed by atoms with E-state index < -0.39 is 5.60 Å². The Bertz CT molecular complexity index is 918. The Kier molecular flexibility index (Phi) is 4.71. The maximum atomic E-state index is 13.6. The number of nitrogens with two attached hydrogens (primary N) is 2. The molecule has 0 radical (unpaired) electrons. The third-order valence-electron chi connectivity index (χ3n) is 7.29. The van der Waals surface area contributed by atoms with Crippen LogP contribution in [0.25, 0.3) is 0 Å². The average Bonchev–Trinajstić information content (AvgIpc) is 2.71. The van der Waals surface area contributed by atoms with Crippen LogP contribution in [0, 0.1) is 5.92 Å².